The van der Waals surface area contributed by atoms with E-state index in [1.807, 2.05) is 30.3 Å². The lowest BCUT2D eigenvalue weighted by Crippen LogP contribution is -2.13. The maximum Gasteiger partial charge on any atom is 0.266 e. The molecule has 0 aliphatic rings. The highest BCUT2D eigenvalue weighted by Gasteiger charge is 2.12. The Labute approximate surface area is 192 Å². The first kappa shape index (κ1) is 23.2. The number of rotatable bonds is 9. The van der Waals surface area contributed by atoms with Gasteiger partial charge in [0.15, 0.2) is 11.5 Å². The van der Waals surface area contributed by atoms with Gasteiger partial charge in [-0.2, -0.15) is 5.26 Å². The van der Waals surface area contributed by atoms with E-state index in [0.29, 0.717) is 34.2 Å². The van der Waals surface area contributed by atoms with Crippen LogP contribution in [0.4, 0.5) is 5.69 Å². The van der Waals surface area contributed by atoms with Crippen molar-refractivity contribution in [2.45, 2.75) is 6.61 Å². The molecule has 3 aromatic rings. The monoisotopic (exact) mass is 444 g/mol. The Hall–Kier alpha value is -4.44. The Morgan fingerprint density at radius 2 is 1.64 bits per heavy atom. The van der Waals surface area contributed by atoms with Crippen molar-refractivity contribution in [1.29, 1.82) is 5.26 Å². The van der Waals surface area contributed by atoms with E-state index in [9.17, 15) is 10.1 Å². The third-order valence-corrected chi connectivity index (χ3v) is 4.77. The van der Waals surface area contributed by atoms with Gasteiger partial charge in [-0.3, -0.25) is 4.79 Å². The minimum Gasteiger partial charge on any atom is -0.497 e. The number of carbonyl (C=O) groups is 1. The first-order valence-corrected chi connectivity index (χ1v) is 10.1. The van der Waals surface area contributed by atoms with Crippen LogP contribution in [-0.4, -0.2) is 27.2 Å². The van der Waals surface area contributed by atoms with Gasteiger partial charge < -0.3 is 24.3 Å². The maximum atomic E-state index is 12.5. The van der Waals surface area contributed by atoms with Crippen molar-refractivity contribution in [3.05, 3.63) is 83.4 Å². The van der Waals surface area contributed by atoms with E-state index in [0.717, 1.165) is 5.56 Å². The summed E-state index contributed by atoms with van der Waals surface area (Å²) in [6.07, 6.45) is 1.50. The molecule has 0 saturated heterocycles. The van der Waals surface area contributed by atoms with Gasteiger partial charge in [-0.1, -0.05) is 24.3 Å². The molecule has 168 valence electrons. The Balaban J connectivity index is 1.78. The highest BCUT2D eigenvalue weighted by Crippen LogP contribution is 2.31. The van der Waals surface area contributed by atoms with Crippen LogP contribution in [0.1, 0.15) is 11.1 Å². The predicted octanol–water partition coefficient (Wildman–Crippen LogP) is 4.84. The number of amides is 1. The number of anilines is 1. The normalized spacial score (nSPS) is 10.7. The van der Waals surface area contributed by atoms with E-state index in [-0.39, 0.29) is 12.2 Å². The van der Waals surface area contributed by atoms with E-state index in [4.69, 9.17) is 18.9 Å². The Morgan fingerprint density at radius 3 is 2.30 bits per heavy atom. The SMILES string of the molecule is COc1ccc(OC)c(COc2ccc(/C=C(\C#N)C(=O)Nc3ccccc3)cc2OC)c1. The van der Waals surface area contributed by atoms with Gasteiger partial charge in [0, 0.05) is 11.3 Å². The minimum absolute atomic E-state index is 0.0318. The summed E-state index contributed by atoms with van der Waals surface area (Å²) in [6.45, 7) is 0.231. The van der Waals surface area contributed by atoms with Gasteiger partial charge in [-0.15, -0.1) is 0 Å². The molecule has 0 aromatic heterocycles. The standard InChI is InChI=1S/C26H24N2O5/c1-30-22-10-12-23(31-2)20(15-22)17-33-24-11-9-18(14-25(24)32-3)13-19(16-27)26(29)28-21-7-5-4-6-8-21/h4-15H,17H2,1-3H3,(H,28,29)/b19-13+. The van der Waals surface area contributed by atoms with Crippen LogP contribution >= 0.6 is 0 Å². The summed E-state index contributed by atoms with van der Waals surface area (Å²) in [5, 5.41) is 12.2. The minimum atomic E-state index is -0.492. The zero-order valence-corrected chi connectivity index (χ0v) is 18.6. The number of benzene rings is 3. The van der Waals surface area contributed by atoms with E-state index in [1.54, 1.807) is 56.7 Å². The van der Waals surface area contributed by atoms with Gasteiger partial charge in [0.1, 0.15) is 29.7 Å². The summed E-state index contributed by atoms with van der Waals surface area (Å²) in [7, 11) is 4.71. The van der Waals surface area contributed by atoms with E-state index >= 15 is 0 Å². The summed E-state index contributed by atoms with van der Waals surface area (Å²) >= 11 is 0. The molecule has 0 spiro atoms. The summed E-state index contributed by atoms with van der Waals surface area (Å²) < 4.78 is 22.1. The average molecular weight is 444 g/mol. The largest absolute Gasteiger partial charge is 0.497 e. The fourth-order valence-electron chi connectivity index (χ4n) is 3.08. The number of para-hydroxylation sites is 1. The first-order chi connectivity index (χ1) is 16.1. The topological polar surface area (TPSA) is 89.8 Å². The fraction of sp³-hybridized carbons (Fsp3) is 0.154. The zero-order chi connectivity index (χ0) is 23.6. The lowest BCUT2D eigenvalue weighted by molar-refractivity contribution is -0.112. The van der Waals surface area contributed by atoms with Crippen molar-refractivity contribution < 1.29 is 23.7 Å². The molecule has 0 bridgehead atoms. The van der Waals surface area contributed by atoms with Crippen LogP contribution < -0.4 is 24.3 Å². The number of hydrogen-bond acceptors (Lipinski definition) is 6. The fourth-order valence-corrected chi connectivity index (χ4v) is 3.08. The smallest absolute Gasteiger partial charge is 0.266 e. The van der Waals surface area contributed by atoms with Gasteiger partial charge in [-0.25, -0.2) is 0 Å². The van der Waals surface area contributed by atoms with Crippen LogP contribution in [0.2, 0.25) is 0 Å². The molecule has 3 aromatic carbocycles. The van der Waals surface area contributed by atoms with Crippen LogP contribution in [0.25, 0.3) is 6.08 Å². The van der Waals surface area contributed by atoms with Crippen LogP contribution in [0.15, 0.2) is 72.3 Å². The number of nitrogens with zero attached hydrogens (tertiary/aromatic N) is 1. The second-order valence-electron chi connectivity index (χ2n) is 6.87. The van der Waals surface area contributed by atoms with E-state index < -0.39 is 5.91 Å². The Bertz CT molecular complexity index is 1180. The van der Waals surface area contributed by atoms with Gasteiger partial charge in [0.25, 0.3) is 5.91 Å². The molecule has 0 saturated carbocycles. The molecular formula is C26H24N2O5. The molecule has 0 aliphatic carbocycles. The molecule has 0 fully saturated rings. The van der Waals surface area contributed by atoms with Crippen molar-refractivity contribution in [1.82, 2.24) is 0 Å². The highest BCUT2D eigenvalue weighted by atomic mass is 16.5. The third kappa shape index (κ3) is 6.05. The lowest BCUT2D eigenvalue weighted by atomic mass is 10.1. The second kappa shape index (κ2) is 11.3. The van der Waals surface area contributed by atoms with Crippen LogP contribution in [-0.2, 0) is 11.4 Å². The van der Waals surface area contributed by atoms with Crippen molar-refractivity contribution in [3.8, 4) is 29.1 Å². The number of hydrogen-bond donors (Lipinski definition) is 1. The van der Waals surface area contributed by atoms with Crippen LogP contribution in [0.5, 0.6) is 23.0 Å². The zero-order valence-electron chi connectivity index (χ0n) is 18.6. The van der Waals surface area contributed by atoms with Crippen LogP contribution in [0.3, 0.4) is 0 Å². The van der Waals surface area contributed by atoms with Crippen molar-refractivity contribution >= 4 is 17.7 Å². The van der Waals surface area contributed by atoms with Crippen molar-refractivity contribution in [2.24, 2.45) is 0 Å². The molecule has 1 amide bonds. The number of nitriles is 1. The Morgan fingerprint density at radius 1 is 0.909 bits per heavy atom. The molecule has 3 rings (SSSR count). The summed E-state index contributed by atoms with van der Waals surface area (Å²) in [5.74, 6) is 1.85. The van der Waals surface area contributed by atoms with Gasteiger partial charge in [-0.05, 0) is 54.1 Å². The third-order valence-electron chi connectivity index (χ3n) is 4.77. The molecule has 7 heteroatoms. The first-order valence-electron chi connectivity index (χ1n) is 10.1. The molecular weight excluding hydrogens is 420 g/mol. The summed E-state index contributed by atoms with van der Waals surface area (Å²) in [5.41, 5.74) is 2.01. The highest BCUT2D eigenvalue weighted by molar-refractivity contribution is 6.09. The molecule has 0 atom stereocenters. The second-order valence-corrected chi connectivity index (χ2v) is 6.87. The molecule has 0 heterocycles. The molecule has 7 nitrogen and oxygen atoms in total. The van der Waals surface area contributed by atoms with Gasteiger partial charge >= 0.3 is 0 Å². The Kier molecular flexibility index (Phi) is 7.92. The molecule has 33 heavy (non-hydrogen) atoms. The summed E-state index contributed by atoms with van der Waals surface area (Å²) in [4.78, 5) is 12.5. The summed E-state index contributed by atoms with van der Waals surface area (Å²) in [6, 6.07) is 21.5. The van der Waals surface area contributed by atoms with Gasteiger partial charge in [0.2, 0.25) is 0 Å². The van der Waals surface area contributed by atoms with Crippen molar-refractivity contribution in [2.75, 3.05) is 26.6 Å². The number of ether oxygens (including phenoxy) is 4. The number of carbonyl (C=O) groups excluding carboxylic acids is 1. The number of methoxy groups -OCH3 is 3. The molecule has 1 N–H and O–H groups in total. The molecule has 0 radical (unpaired) electrons. The quantitative estimate of drug-likeness (QED) is 0.375. The van der Waals surface area contributed by atoms with E-state index in [1.165, 1.54) is 13.2 Å². The molecule has 0 aliphatic heterocycles. The van der Waals surface area contributed by atoms with E-state index in [2.05, 4.69) is 5.32 Å². The number of nitrogens with one attached hydrogen (secondary N) is 1. The average Bonchev–Trinajstić information content (AvgIpc) is 2.86. The predicted molar refractivity (Wildman–Crippen MR) is 126 cm³/mol. The lowest BCUT2D eigenvalue weighted by Gasteiger charge is -2.14. The maximum absolute atomic E-state index is 12.5. The van der Waals surface area contributed by atoms with Crippen molar-refractivity contribution in [3.63, 3.8) is 0 Å². The van der Waals surface area contributed by atoms with Gasteiger partial charge in [0.05, 0.1) is 21.3 Å². The molecule has 0 unspecified atom stereocenters. The van der Waals surface area contributed by atoms with Crippen LogP contribution in [0, 0.1) is 11.3 Å².